The van der Waals surface area contributed by atoms with E-state index >= 15 is 0 Å². The number of hydrogen-bond acceptors (Lipinski definition) is 3. The van der Waals surface area contributed by atoms with Crippen molar-refractivity contribution < 1.29 is 12.8 Å². The van der Waals surface area contributed by atoms with Crippen molar-refractivity contribution in [1.82, 2.24) is 9.62 Å². The molecule has 0 amide bonds. The highest BCUT2D eigenvalue weighted by atomic mass is 32.2. The third kappa shape index (κ3) is 2.87. The molecule has 1 aliphatic heterocycles. The molecule has 1 heterocycles. The molecule has 1 atom stereocenters. The number of hydrogen-bond donors (Lipinski definition) is 1. The first-order valence-corrected chi connectivity index (χ1v) is 8.24. The van der Waals surface area contributed by atoms with Gasteiger partial charge in [-0.25, -0.2) is 12.8 Å². The predicted molar refractivity (Wildman–Crippen MR) is 76.4 cm³/mol. The van der Waals surface area contributed by atoms with Gasteiger partial charge in [0.25, 0.3) is 0 Å². The molecule has 1 N–H and O–H groups in total. The number of benzene rings is 1. The Morgan fingerprint density at radius 2 is 2.15 bits per heavy atom. The zero-order valence-corrected chi connectivity index (χ0v) is 12.9. The van der Waals surface area contributed by atoms with E-state index in [0.717, 1.165) is 6.42 Å². The van der Waals surface area contributed by atoms with Crippen LogP contribution >= 0.6 is 0 Å². The Morgan fingerprint density at radius 3 is 2.70 bits per heavy atom. The Hall–Kier alpha value is -0.980. The van der Waals surface area contributed by atoms with E-state index in [1.165, 1.54) is 17.3 Å². The van der Waals surface area contributed by atoms with E-state index in [4.69, 9.17) is 0 Å². The van der Waals surface area contributed by atoms with Gasteiger partial charge in [0.1, 0.15) is 5.82 Å². The van der Waals surface area contributed by atoms with Crippen molar-refractivity contribution in [3.05, 3.63) is 29.1 Å². The second kappa shape index (κ2) is 5.79. The second-order valence-electron chi connectivity index (χ2n) is 5.49. The van der Waals surface area contributed by atoms with Gasteiger partial charge in [0.05, 0.1) is 4.90 Å². The molecule has 0 aromatic heterocycles. The van der Waals surface area contributed by atoms with Crippen LogP contribution in [-0.2, 0) is 16.6 Å². The number of nitrogens with zero attached hydrogens (tertiary/aromatic N) is 1. The highest BCUT2D eigenvalue weighted by molar-refractivity contribution is 7.89. The van der Waals surface area contributed by atoms with Crippen LogP contribution in [0.1, 0.15) is 24.5 Å². The highest BCUT2D eigenvalue weighted by Gasteiger charge is 2.32. The molecule has 1 aliphatic rings. The third-order valence-corrected chi connectivity index (χ3v) is 5.73. The van der Waals surface area contributed by atoms with Crippen molar-refractivity contribution in [3.63, 3.8) is 0 Å². The van der Waals surface area contributed by atoms with E-state index in [-0.39, 0.29) is 10.5 Å². The van der Waals surface area contributed by atoms with Crippen LogP contribution in [0.3, 0.4) is 0 Å². The summed E-state index contributed by atoms with van der Waals surface area (Å²) >= 11 is 0. The topological polar surface area (TPSA) is 49.4 Å². The first-order valence-electron chi connectivity index (χ1n) is 6.80. The maximum atomic E-state index is 13.9. The van der Waals surface area contributed by atoms with Gasteiger partial charge in [-0.2, -0.15) is 4.31 Å². The van der Waals surface area contributed by atoms with Crippen LogP contribution in [0.5, 0.6) is 0 Å². The molecule has 0 aliphatic carbocycles. The summed E-state index contributed by atoms with van der Waals surface area (Å²) in [5.41, 5.74) is 0.839. The van der Waals surface area contributed by atoms with Crippen LogP contribution in [0.15, 0.2) is 17.0 Å². The Morgan fingerprint density at radius 1 is 1.45 bits per heavy atom. The highest BCUT2D eigenvalue weighted by Crippen LogP contribution is 2.28. The lowest BCUT2D eigenvalue weighted by Gasteiger charge is -2.18. The number of sulfonamides is 1. The van der Waals surface area contributed by atoms with Crippen molar-refractivity contribution in [2.75, 3.05) is 20.1 Å². The van der Waals surface area contributed by atoms with Crippen LogP contribution < -0.4 is 5.32 Å². The predicted octanol–water partition coefficient (Wildman–Crippen LogP) is 1.88. The zero-order valence-electron chi connectivity index (χ0n) is 12.1. The summed E-state index contributed by atoms with van der Waals surface area (Å²) < 4.78 is 40.7. The lowest BCUT2D eigenvalue weighted by Crippen LogP contribution is -2.29. The van der Waals surface area contributed by atoms with Crippen molar-refractivity contribution in [1.29, 1.82) is 0 Å². The van der Waals surface area contributed by atoms with E-state index in [1.54, 1.807) is 13.1 Å². The van der Waals surface area contributed by atoms with Gasteiger partial charge >= 0.3 is 0 Å². The summed E-state index contributed by atoms with van der Waals surface area (Å²) in [6.07, 6.45) is 0.858. The molecule has 0 bridgehead atoms. The van der Waals surface area contributed by atoms with E-state index in [1.807, 2.05) is 6.92 Å². The molecule has 1 fully saturated rings. The third-order valence-electron chi connectivity index (χ3n) is 3.74. The van der Waals surface area contributed by atoms with E-state index in [9.17, 15) is 12.8 Å². The van der Waals surface area contributed by atoms with Gasteiger partial charge in [-0.1, -0.05) is 6.92 Å². The van der Waals surface area contributed by atoms with E-state index in [2.05, 4.69) is 5.32 Å². The number of rotatable bonds is 4. The quantitative estimate of drug-likeness (QED) is 0.924. The fourth-order valence-corrected chi connectivity index (χ4v) is 4.39. The van der Waals surface area contributed by atoms with Crippen LogP contribution in [-0.4, -0.2) is 32.9 Å². The smallest absolute Gasteiger partial charge is 0.243 e. The minimum absolute atomic E-state index is 0.0943. The van der Waals surface area contributed by atoms with Gasteiger partial charge in [-0.05, 0) is 44.0 Å². The van der Waals surface area contributed by atoms with Gasteiger partial charge in [0.2, 0.25) is 10.0 Å². The molecular formula is C14H21FN2O2S. The maximum absolute atomic E-state index is 13.9. The van der Waals surface area contributed by atoms with Crippen molar-refractivity contribution >= 4 is 10.0 Å². The van der Waals surface area contributed by atoms with Crippen LogP contribution in [0.2, 0.25) is 0 Å². The average molecular weight is 300 g/mol. The molecule has 20 heavy (non-hydrogen) atoms. The fourth-order valence-electron chi connectivity index (χ4n) is 2.53. The molecule has 0 spiro atoms. The maximum Gasteiger partial charge on any atom is 0.243 e. The van der Waals surface area contributed by atoms with Crippen LogP contribution in [0.25, 0.3) is 0 Å². The molecular weight excluding hydrogens is 279 g/mol. The summed E-state index contributed by atoms with van der Waals surface area (Å²) in [6, 6.07) is 2.96. The summed E-state index contributed by atoms with van der Waals surface area (Å²) in [5.74, 6) is -0.112. The fraction of sp³-hybridized carbons (Fsp3) is 0.571. The lowest BCUT2D eigenvalue weighted by atomic mass is 10.1. The molecule has 1 aromatic carbocycles. The van der Waals surface area contributed by atoms with Crippen LogP contribution in [0, 0.1) is 18.7 Å². The summed E-state index contributed by atoms with van der Waals surface area (Å²) in [4.78, 5) is 0.0943. The monoisotopic (exact) mass is 300 g/mol. The molecule has 112 valence electrons. The van der Waals surface area contributed by atoms with Gasteiger partial charge in [-0.15, -0.1) is 0 Å². The molecule has 1 unspecified atom stereocenters. The average Bonchev–Trinajstić information content (AvgIpc) is 2.81. The lowest BCUT2D eigenvalue weighted by molar-refractivity contribution is 0.462. The Kier molecular flexibility index (Phi) is 4.46. The Bertz CT molecular complexity index is 601. The van der Waals surface area contributed by atoms with Crippen molar-refractivity contribution in [3.8, 4) is 0 Å². The van der Waals surface area contributed by atoms with Gasteiger partial charge < -0.3 is 5.32 Å². The number of halogens is 1. The Balaban J connectivity index is 2.45. The summed E-state index contributed by atoms with van der Waals surface area (Å²) in [7, 11) is -1.86. The second-order valence-corrected chi connectivity index (χ2v) is 7.39. The van der Waals surface area contributed by atoms with E-state index in [0.29, 0.717) is 31.1 Å². The minimum Gasteiger partial charge on any atom is -0.316 e. The zero-order chi connectivity index (χ0) is 14.9. The Labute approximate surface area is 120 Å². The summed E-state index contributed by atoms with van der Waals surface area (Å²) in [5, 5.41) is 2.91. The standard InChI is InChI=1S/C14H21FN2O2S/c1-10-4-5-17(9-10)20(18,19)14-7-12(8-16-3)6-13(15)11(14)2/h6-7,10,16H,4-5,8-9H2,1-3H3. The van der Waals surface area contributed by atoms with Crippen LogP contribution in [0.4, 0.5) is 4.39 Å². The molecule has 1 saturated heterocycles. The van der Waals surface area contributed by atoms with Gasteiger partial charge in [-0.3, -0.25) is 0 Å². The summed E-state index contributed by atoms with van der Waals surface area (Å²) in [6.45, 7) is 5.02. The van der Waals surface area contributed by atoms with Gasteiger partial charge in [0.15, 0.2) is 0 Å². The molecule has 1 aromatic rings. The van der Waals surface area contributed by atoms with Crippen molar-refractivity contribution in [2.24, 2.45) is 5.92 Å². The first-order chi connectivity index (χ1) is 9.36. The first kappa shape index (κ1) is 15.4. The van der Waals surface area contributed by atoms with Crippen molar-refractivity contribution in [2.45, 2.75) is 31.7 Å². The largest absolute Gasteiger partial charge is 0.316 e. The molecule has 4 nitrogen and oxygen atoms in total. The van der Waals surface area contributed by atoms with Gasteiger partial charge in [0, 0.05) is 25.2 Å². The van der Waals surface area contributed by atoms with E-state index < -0.39 is 15.8 Å². The molecule has 2 rings (SSSR count). The SMILES string of the molecule is CNCc1cc(F)c(C)c(S(=O)(=O)N2CCC(C)C2)c1. The molecule has 0 radical (unpaired) electrons. The normalized spacial score (nSPS) is 20.5. The minimum atomic E-state index is -3.60. The molecule has 0 saturated carbocycles. The molecule has 6 heteroatoms. The number of nitrogens with one attached hydrogen (secondary N) is 1.